The molecular weight excluding hydrogens is 436 g/mol. The lowest BCUT2D eigenvalue weighted by atomic mass is 9.71. The summed E-state index contributed by atoms with van der Waals surface area (Å²) in [6.45, 7) is 8.97. The number of allylic oxidation sites excluding steroid dienone is 5. The summed E-state index contributed by atoms with van der Waals surface area (Å²) in [6.07, 6.45) is 17.2. The van der Waals surface area contributed by atoms with Gasteiger partial charge in [-0.3, -0.25) is 9.89 Å². The minimum Gasteiger partial charge on any atom is -0.492 e. The maximum atomic E-state index is 5.91. The molecule has 2 N–H and O–H groups in total. The highest BCUT2D eigenvalue weighted by atomic mass is 16.5. The number of nitrogens with zero attached hydrogens (tertiary/aromatic N) is 4. The van der Waals surface area contributed by atoms with Crippen LogP contribution in [0, 0.1) is 18.3 Å². The SMILES string of the molecule is Cc1cnc(Nc2ccc(OCCN3CCCC3)cc2)nc1NCC1=NC=CC2(C)C=CC=CC12. The number of hydrogen-bond acceptors (Lipinski definition) is 7. The molecule has 7 heteroatoms. The van der Waals surface area contributed by atoms with E-state index in [-0.39, 0.29) is 11.3 Å². The Morgan fingerprint density at radius 3 is 2.77 bits per heavy atom. The number of likely N-dealkylation sites (tertiary alicyclic amines) is 1. The molecule has 7 nitrogen and oxygen atoms in total. The Morgan fingerprint density at radius 2 is 1.94 bits per heavy atom. The number of aliphatic imine (C=N–C) groups is 1. The summed E-state index contributed by atoms with van der Waals surface area (Å²) in [5.74, 6) is 2.49. The van der Waals surface area contributed by atoms with Crippen molar-refractivity contribution in [2.24, 2.45) is 16.3 Å². The van der Waals surface area contributed by atoms with E-state index in [4.69, 9.17) is 9.72 Å². The molecule has 1 saturated heterocycles. The zero-order valence-corrected chi connectivity index (χ0v) is 20.6. The van der Waals surface area contributed by atoms with E-state index in [2.05, 4.69) is 62.8 Å². The van der Waals surface area contributed by atoms with E-state index in [9.17, 15) is 0 Å². The number of fused-ring (bicyclic) bond motifs is 1. The van der Waals surface area contributed by atoms with Gasteiger partial charge in [-0.2, -0.15) is 4.98 Å². The molecule has 2 atom stereocenters. The van der Waals surface area contributed by atoms with Crippen molar-refractivity contribution in [2.75, 3.05) is 43.4 Å². The second-order valence-corrected chi connectivity index (χ2v) is 9.65. The van der Waals surface area contributed by atoms with Crippen molar-refractivity contribution in [1.29, 1.82) is 0 Å². The number of ether oxygens (including phenoxy) is 1. The molecule has 1 aliphatic carbocycles. The predicted octanol–water partition coefficient (Wildman–Crippen LogP) is 5.13. The van der Waals surface area contributed by atoms with Crippen LogP contribution >= 0.6 is 0 Å². The van der Waals surface area contributed by atoms with Crippen molar-refractivity contribution in [3.8, 4) is 5.75 Å². The smallest absolute Gasteiger partial charge is 0.229 e. The monoisotopic (exact) mass is 470 g/mol. The zero-order chi connectivity index (χ0) is 24.1. The summed E-state index contributed by atoms with van der Waals surface area (Å²) in [4.78, 5) is 16.3. The van der Waals surface area contributed by atoms with Crippen LogP contribution in [0.4, 0.5) is 17.5 Å². The van der Waals surface area contributed by atoms with Gasteiger partial charge in [-0.1, -0.05) is 37.3 Å². The van der Waals surface area contributed by atoms with Crippen molar-refractivity contribution >= 4 is 23.2 Å². The van der Waals surface area contributed by atoms with Gasteiger partial charge >= 0.3 is 0 Å². The Labute approximate surface area is 207 Å². The molecule has 3 aliphatic rings. The van der Waals surface area contributed by atoms with E-state index in [0.717, 1.165) is 41.7 Å². The highest BCUT2D eigenvalue weighted by Gasteiger charge is 2.34. The molecule has 5 rings (SSSR count). The molecule has 0 amide bonds. The third kappa shape index (κ3) is 5.62. The van der Waals surface area contributed by atoms with Crippen molar-refractivity contribution < 1.29 is 4.74 Å². The van der Waals surface area contributed by atoms with Crippen molar-refractivity contribution in [3.63, 3.8) is 0 Å². The fourth-order valence-corrected chi connectivity index (χ4v) is 4.83. The van der Waals surface area contributed by atoms with Gasteiger partial charge in [0.05, 0.1) is 6.54 Å². The van der Waals surface area contributed by atoms with Gasteiger partial charge in [0.25, 0.3) is 0 Å². The second kappa shape index (κ2) is 10.4. The highest BCUT2D eigenvalue weighted by molar-refractivity contribution is 5.94. The van der Waals surface area contributed by atoms with Crippen LogP contribution in [0.15, 0.2) is 72.0 Å². The summed E-state index contributed by atoms with van der Waals surface area (Å²) in [5, 5.41) is 6.78. The van der Waals surface area contributed by atoms with E-state index in [0.29, 0.717) is 12.5 Å². The lowest BCUT2D eigenvalue weighted by Gasteiger charge is -2.35. The molecule has 35 heavy (non-hydrogen) atoms. The topological polar surface area (TPSA) is 74.7 Å². The molecule has 0 saturated carbocycles. The molecule has 1 fully saturated rings. The van der Waals surface area contributed by atoms with E-state index < -0.39 is 0 Å². The van der Waals surface area contributed by atoms with Crippen molar-refractivity contribution in [3.05, 3.63) is 72.6 Å². The minimum atomic E-state index is -0.0228. The van der Waals surface area contributed by atoms with Crippen LogP contribution in [0.1, 0.15) is 25.3 Å². The van der Waals surface area contributed by atoms with Crippen LogP contribution in [0.5, 0.6) is 5.75 Å². The Morgan fingerprint density at radius 1 is 1.11 bits per heavy atom. The summed E-state index contributed by atoms with van der Waals surface area (Å²) >= 11 is 0. The predicted molar refractivity (Wildman–Crippen MR) is 143 cm³/mol. The molecule has 1 aromatic heterocycles. The molecule has 2 aromatic rings. The third-order valence-electron chi connectivity index (χ3n) is 6.97. The van der Waals surface area contributed by atoms with E-state index in [1.807, 2.05) is 43.6 Å². The fraction of sp³-hybridized carbons (Fsp3) is 0.393. The van der Waals surface area contributed by atoms with E-state index in [1.54, 1.807) is 0 Å². The molecular formula is C28H34N6O. The number of hydrogen-bond donors (Lipinski definition) is 2. The zero-order valence-electron chi connectivity index (χ0n) is 20.6. The highest BCUT2D eigenvalue weighted by Crippen LogP contribution is 2.38. The van der Waals surface area contributed by atoms with E-state index >= 15 is 0 Å². The molecule has 0 radical (unpaired) electrons. The van der Waals surface area contributed by atoms with Crippen LogP contribution in [-0.4, -0.2) is 53.4 Å². The van der Waals surface area contributed by atoms with Crippen molar-refractivity contribution in [1.82, 2.24) is 14.9 Å². The first-order valence-electron chi connectivity index (χ1n) is 12.5. The third-order valence-corrected chi connectivity index (χ3v) is 6.97. The first-order valence-corrected chi connectivity index (χ1v) is 12.5. The van der Waals surface area contributed by atoms with Gasteiger partial charge in [0, 0.05) is 47.2 Å². The average Bonchev–Trinajstić information content (AvgIpc) is 3.38. The maximum absolute atomic E-state index is 5.91. The van der Waals surface area contributed by atoms with Gasteiger partial charge in [-0.25, -0.2) is 4.98 Å². The first-order chi connectivity index (χ1) is 17.1. The van der Waals surface area contributed by atoms with Gasteiger partial charge in [0.15, 0.2) is 0 Å². The lowest BCUT2D eigenvalue weighted by molar-refractivity contribution is 0.238. The summed E-state index contributed by atoms with van der Waals surface area (Å²) in [7, 11) is 0. The molecule has 2 aliphatic heterocycles. The molecule has 3 heterocycles. The summed E-state index contributed by atoms with van der Waals surface area (Å²) < 4.78 is 5.91. The normalized spacial score (nSPS) is 23.1. The van der Waals surface area contributed by atoms with Crippen LogP contribution in [0.25, 0.3) is 0 Å². The standard InChI is InChI=1S/C28H34N6O/c1-21-19-31-27(32-22-8-10-23(11-9-22)35-18-17-34-15-5-6-16-34)33-26(21)30-20-25-24-7-3-4-12-28(24,2)13-14-29-25/h3-4,7-14,19,24H,5-6,15-18,20H2,1-2H3,(H2,30,31,32,33). The minimum absolute atomic E-state index is 0.0228. The number of rotatable bonds is 9. The Hall–Kier alpha value is -3.45. The number of nitrogens with one attached hydrogen (secondary N) is 2. The quantitative estimate of drug-likeness (QED) is 0.529. The van der Waals surface area contributed by atoms with Gasteiger partial charge in [0.1, 0.15) is 18.2 Å². The first kappa shape index (κ1) is 23.3. The number of benzene rings is 1. The van der Waals surface area contributed by atoms with Crippen molar-refractivity contribution in [2.45, 2.75) is 26.7 Å². The Balaban J connectivity index is 1.17. The summed E-state index contributed by atoms with van der Waals surface area (Å²) in [6, 6.07) is 7.96. The Kier molecular flexibility index (Phi) is 6.95. The van der Waals surface area contributed by atoms with Crippen LogP contribution in [0.2, 0.25) is 0 Å². The van der Waals surface area contributed by atoms with Crippen LogP contribution < -0.4 is 15.4 Å². The second-order valence-electron chi connectivity index (χ2n) is 9.65. The molecule has 2 unspecified atom stereocenters. The molecule has 0 bridgehead atoms. The summed E-state index contributed by atoms with van der Waals surface area (Å²) in [5.41, 5.74) is 2.99. The lowest BCUT2D eigenvalue weighted by Crippen LogP contribution is -2.36. The van der Waals surface area contributed by atoms with Gasteiger partial charge in [-0.05, 0) is 57.1 Å². The van der Waals surface area contributed by atoms with Crippen LogP contribution in [0.3, 0.4) is 0 Å². The number of aryl methyl sites for hydroxylation is 1. The number of anilines is 3. The van der Waals surface area contributed by atoms with Gasteiger partial charge in [-0.15, -0.1) is 0 Å². The van der Waals surface area contributed by atoms with Gasteiger partial charge < -0.3 is 15.4 Å². The van der Waals surface area contributed by atoms with Gasteiger partial charge in [0.2, 0.25) is 5.95 Å². The Bertz CT molecular complexity index is 1150. The fourth-order valence-electron chi connectivity index (χ4n) is 4.83. The average molecular weight is 471 g/mol. The molecule has 0 spiro atoms. The van der Waals surface area contributed by atoms with E-state index in [1.165, 1.54) is 25.9 Å². The molecule has 182 valence electrons. The number of aromatic nitrogens is 2. The van der Waals surface area contributed by atoms with Crippen LogP contribution in [-0.2, 0) is 0 Å². The maximum Gasteiger partial charge on any atom is 0.229 e. The molecule has 1 aromatic carbocycles. The largest absolute Gasteiger partial charge is 0.492 e.